The molecule has 1 aromatic carbocycles. The van der Waals surface area contributed by atoms with Crippen molar-refractivity contribution < 1.29 is 17.6 Å². The molecule has 0 amide bonds. The number of Topliss-reactive ketones (excluding diaryl/α,β-unsaturated/α-hetero) is 1. The number of rotatable bonds is 7. The maximum absolute atomic E-state index is 12.1. The van der Waals surface area contributed by atoms with E-state index in [1.807, 2.05) is 11.9 Å². The largest absolute Gasteiger partial charge is 0.464 e. The van der Waals surface area contributed by atoms with E-state index in [0.717, 1.165) is 19.4 Å². The number of unbranched alkanes of at least 4 members (excludes halogenated alkanes) is 1. The van der Waals surface area contributed by atoms with E-state index in [-0.39, 0.29) is 10.7 Å². The summed E-state index contributed by atoms with van der Waals surface area (Å²) < 4.78 is 29.7. The second-order valence-electron chi connectivity index (χ2n) is 5.72. The molecule has 0 aliphatic carbocycles. The first kappa shape index (κ1) is 18.2. The first-order valence-corrected chi connectivity index (χ1v) is 9.27. The quantitative estimate of drug-likeness (QED) is 0.775. The molecule has 0 bridgehead atoms. The van der Waals surface area contributed by atoms with Gasteiger partial charge in [-0.3, -0.25) is 4.79 Å². The molecule has 0 aliphatic heterocycles. The van der Waals surface area contributed by atoms with Crippen molar-refractivity contribution >= 4 is 21.5 Å². The van der Waals surface area contributed by atoms with Crippen LogP contribution in [-0.4, -0.2) is 27.8 Å². The van der Waals surface area contributed by atoms with E-state index in [0.29, 0.717) is 22.6 Å². The van der Waals surface area contributed by atoms with Crippen LogP contribution < -0.4 is 10.0 Å². The van der Waals surface area contributed by atoms with Gasteiger partial charge < -0.3 is 9.32 Å². The molecular weight excluding hydrogens is 328 g/mol. The molecule has 0 unspecified atom stereocenters. The lowest BCUT2D eigenvalue weighted by atomic mass is 10.0. The van der Waals surface area contributed by atoms with Gasteiger partial charge in [0.1, 0.15) is 5.76 Å². The summed E-state index contributed by atoms with van der Waals surface area (Å²) in [7, 11) is -2.18. The third-order valence-electron chi connectivity index (χ3n) is 3.82. The predicted octanol–water partition coefficient (Wildman–Crippen LogP) is 3.03. The molecule has 6 nitrogen and oxygen atoms in total. The molecule has 0 radical (unpaired) electrons. The van der Waals surface area contributed by atoms with Gasteiger partial charge in [0.25, 0.3) is 0 Å². The van der Waals surface area contributed by atoms with Gasteiger partial charge in [0.2, 0.25) is 10.0 Å². The molecule has 0 saturated heterocycles. The number of furan rings is 1. The summed E-state index contributed by atoms with van der Waals surface area (Å²) in [5.41, 5.74) is 1.29. The molecule has 24 heavy (non-hydrogen) atoms. The molecule has 2 aromatic rings. The van der Waals surface area contributed by atoms with Crippen molar-refractivity contribution in [1.29, 1.82) is 0 Å². The van der Waals surface area contributed by atoms with Gasteiger partial charge in [0.05, 0.1) is 16.7 Å². The maximum atomic E-state index is 12.1. The van der Waals surface area contributed by atoms with Crippen molar-refractivity contribution in [2.75, 3.05) is 18.5 Å². The highest BCUT2D eigenvalue weighted by atomic mass is 32.2. The van der Waals surface area contributed by atoms with Gasteiger partial charge in [-0.05, 0) is 37.6 Å². The van der Waals surface area contributed by atoms with Gasteiger partial charge in [0.15, 0.2) is 5.78 Å². The summed E-state index contributed by atoms with van der Waals surface area (Å²) in [6.45, 7) is 4.18. The third-order valence-corrected chi connectivity index (χ3v) is 4.76. The summed E-state index contributed by atoms with van der Waals surface area (Å²) in [5, 5.41) is 5.40. The van der Waals surface area contributed by atoms with Gasteiger partial charge in [0, 0.05) is 24.8 Å². The lowest BCUT2D eigenvalue weighted by Crippen LogP contribution is -2.22. The molecule has 2 N–H and O–H groups in total. The number of nitrogens with zero attached hydrogens (tertiary/aromatic N) is 1. The second-order valence-corrected chi connectivity index (χ2v) is 7.25. The fourth-order valence-corrected chi connectivity index (χ4v) is 3.29. The van der Waals surface area contributed by atoms with Gasteiger partial charge in [-0.15, -0.1) is 0 Å². The zero-order valence-corrected chi connectivity index (χ0v) is 14.9. The number of ketones is 1. The monoisotopic (exact) mass is 350 g/mol. The van der Waals surface area contributed by atoms with Gasteiger partial charge >= 0.3 is 0 Å². The van der Waals surface area contributed by atoms with Gasteiger partial charge in [-0.2, -0.15) is 0 Å². The lowest BCUT2D eigenvalue weighted by molar-refractivity contribution is 0.101. The molecule has 7 heteroatoms. The normalized spacial score (nSPS) is 11.5. The van der Waals surface area contributed by atoms with Crippen LogP contribution in [0.5, 0.6) is 0 Å². The Morgan fingerprint density at radius 2 is 2.04 bits per heavy atom. The smallest absolute Gasteiger partial charge is 0.238 e. The number of primary sulfonamides is 1. The molecule has 0 spiro atoms. The summed E-state index contributed by atoms with van der Waals surface area (Å²) in [5.74, 6) is 0.170. The van der Waals surface area contributed by atoms with Gasteiger partial charge in [-0.25, -0.2) is 13.6 Å². The highest BCUT2D eigenvalue weighted by Gasteiger charge is 2.24. The van der Waals surface area contributed by atoms with E-state index < -0.39 is 10.0 Å². The summed E-state index contributed by atoms with van der Waals surface area (Å²) in [6, 6.07) is 6.35. The number of carbonyl (C=O) groups is 1. The number of carbonyl (C=O) groups excluding carboxylic acids is 1. The van der Waals surface area contributed by atoms with E-state index in [1.54, 1.807) is 18.2 Å². The van der Waals surface area contributed by atoms with Crippen LogP contribution in [0.4, 0.5) is 5.69 Å². The fourth-order valence-electron chi connectivity index (χ4n) is 2.51. The molecular formula is C17H22N2O4S. The number of benzene rings is 1. The Morgan fingerprint density at radius 1 is 1.33 bits per heavy atom. The van der Waals surface area contributed by atoms with Crippen LogP contribution >= 0.6 is 0 Å². The zero-order valence-electron chi connectivity index (χ0n) is 14.1. The van der Waals surface area contributed by atoms with Crippen molar-refractivity contribution in [1.82, 2.24) is 0 Å². The number of nitrogens with two attached hydrogens (primary N) is 1. The van der Waals surface area contributed by atoms with Crippen LogP contribution in [0, 0.1) is 0 Å². The second kappa shape index (κ2) is 7.19. The molecule has 0 atom stereocenters. The fraction of sp³-hybridized carbons (Fsp3) is 0.353. The van der Waals surface area contributed by atoms with Crippen LogP contribution in [0.3, 0.4) is 0 Å². The lowest BCUT2D eigenvalue weighted by Gasteiger charge is -2.24. The first-order valence-electron chi connectivity index (χ1n) is 7.72. The summed E-state index contributed by atoms with van der Waals surface area (Å²) in [6.07, 6.45) is 3.40. The predicted molar refractivity (Wildman–Crippen MR) is 93.7 cm³/mol. The first-order chi connectivity index (χ1) is 11.3. The highest BCUT2D eigenvalue weighted by molar-refractivity contribution is 7.89. The molecule has 1 heterocycles. The molecule has 0 fully saturated rings. The zero-order chi connectivity index (χ0) is 17.9. The van der Waals surface area contributed by atoms with Crippen LogP contribution in [0.25, 0.3) is 11.3 Å². The van der Waals surface area contributed by atoms with E-state index >= 15 is 0 Å². The van der Waals surface area contributed by atoms with Crippen LogP contribution in [0.2, 0.25) is 0 Å². The SMILES string of the molecule is CCCCN(C)c1cc(C(C)=O)cc(S(N)(=O)=O)c1-c1ccco1. The Labute approximate surface area is 142 Å². The Hall–Kier alpha value is -2.12. The van der Waals surface area contributed by atoms with Crippen LogP contribution in [-0.2, 0) is 10.0 Å². The number of sulfonamides is 1. The minimum Gasteiger partial charge on any atom is -0.464 e. The Morgan fingerprint density at radius 3 is 2.54 bits per heavy atom. The standard InChI is InChI=1S/C17H22N2O4S/c1-4-5-8-19(3)14-10-13(12(2)20)11-16(24(18,21)22)17(14)15-7-6-9-23-15/h6-7,9-11H,4-5,8H2,1-3H3,(H2,18,21,22). The van der Waals surface area contributed by atoms with Crippen molar-refractivity contribution in [3.8, 4) is 11.3 Å². The van der Waals surface area contributed by atoms with E-state index in [4.69, 9.17) is 9.56 Å². The van der Waals surface area contributed by atoms with E-state index in [2.05, 4.69) is 6.92 Å². The average Bonchev–Trinajstić information content (AvgIpc) is 3.04. The van der Waals surface area contributed by atoms with Gasteiger partial charge in [-0.1, -0.05) is 13.3 Å². The topological polar surface area (TPSA) is 93.6 Å². The van der Waals surface area contributed by atoms with E-state index in [1.165, 1.54) is 19.3 Å². The van der Waals surface area contributed by atoms with Crippen molar-refractivity contribution in [2.24, 2.45) is 5.14 Å². The molecule has 2 rings (SSSR count). The molecule has 130 valence electrons. The Balaban J connectivity index is 2.78. The molecule has 1 aromatic heterocycles. The summed E-state index contributed by atoms with van der Waals surface area (Å²) >= 11 is 0. The van der Waals surface area contributed by atoms with Crippen molar-refractivity contribution in [3.63, 3.8) is 0 Å². The number of hydrogen-bond acceptors (Lipinski definition) is 5. The van der Waals surface area contributed by atoms with Crippen molar-refractivity contribution in [3.05, 3.63) is 36.1 Å². The summed E-state index contributed by atoms with van der Waals surface area (Å²) in [4.78, 5) is 13.6. The average molecular weight is 350 g/mol. The Bertz CT molecular complexity index is 827. The van der Waals surface area contributed by atoms with Crippen molar-refractivity contribution in [2.45, 2.75) is 31.6 Å². The van der Waals surface area contributed by atoms with Crippen LogP contribution in [0.1, 0.15) is 37.0 Å². The Kier molecular flexibility index (Phi) is 5.46. The number of hydrogen-bond donors (Lipinski definition) is 1. The van der Waals surface area contributed by atoms with E-state index in [9.17, 15) is 13.2 Å². The molecule has 0 saturated carbocycles. The van der Waals surface area contributed by atoms with Crippen LogP contribution in [0.15, 0.2) is 39.8 Å². The number of anilines is 1. The minimum absolute atomic E-state index is 0.108. The molecule has 0 aliphatic rings. The highest BCUT2D eigenvalue weighted by Crippen LogP contribution is 2.37. The minimum atomic E-state index is -4.03. The third kappa shape index (κ3) is 3.85. The maximum Gasteiger partial charge on any atom is 0.238 e.